The normalized spacial score (nSPS) is 23.1. The molecule has 1 saturated heterocycles. The summed E-state index contributed by atoms with van der Waals surface area (Å²) in [5.74, 6) is -1.04. The predicted molar refractivity (Wildman–Crippen MR) is 32.7 cm³/mol. The summed E-state index contributed by atoms with van der Waals surface area (Å²) in [6.45, 7) is 0. The van der Waals surface area contributed by atoms with E-state index in [1.807, 2.05) is 10.6 Å². The van der Waals surface area contributed by atoms with Gasteiger partial charge in [-0.3, -0.25) is 14.9 Å². The van der Waals surface area contributed by atoms with Gasteiger partial charge >= 0.3 is 6.09 Å². The second-order valence-electron chi connectivity index (χ2n) is 2.12. The van der Waals surface area contributed by atoms with E-state index in [0.717, 1.165) is 0 Å². The lowest BCUT2D eigenvalue weighted by Crippen LogP contribution is -2.39. The molecule has 0 saturated carbocycles. The standard InChI is InChI=1S/C5H6N2O4/c8-3-1-2(4(9)7-3)6-5(10)11/h2,6H,1H2,(H,10,11)(H,7,8,9)/t2-/m1/s1. The molecule has 6 heteroatoms. The Morgan fingerprint density at radius 2 is 2.27 bits per heavy atom. The molecule has 1 heterocycles. The molecule has 6 nitrogen and oxygen atoms in total. The number of carbonyl (C=O) groups excluding carboxylic acids is 2. The number of carbonyl (C=O) groups is 3. The van der Waals surface area contributed by atoms with Gasteiger partial charge < -0.3 is 10.4 Å². The Hall–Kier alpha value is -1.59. The molecule has 1 rings (SSSR count). The summed E-state index contributed by atoms with van der Waals surface area (Å²) in [6, 6.07) is -0.917. The highest BCUT2D eigenvalue weighted by molar-refractivity contribution is 6.06. The van der Waals surface area contributed by atoms with Crippen LogP contribution in [0.4, 0.5) is 4.79 Å². The minimum atomic E-state index is -1.31. The average Bonchev–Trinajstić information content (AvgIpc) is 2.09. The van der Waals surface area contributed by atoms with Crippen LogP contribution in [-0.4, -0.2) is 29.1 Å². The lowest BCUT2D eigenvalue weighted by molar-refractivity contribution is -0.125. The first-order chi connectivity index (χ1) is 5.09. The molecule has 0 aromatic carbocycles. The Balaban J connectivity index is 2.53. The van der Waals surface area contributed by atoms with Gasteiger partial charge in [0.05, 0.1) is 6.42 Å². The summed E-state index contributed by atoms with van der Waals surface area (Å²) < 4.78 is 0. The number of hydrogen-bond donors (Lipinski definition) is 3. The van der Waals surface area contributed by atoms with Gasteiger partial charge in [0.1, 0.15) is 6.04 Å². The van der Waals surface area contributed by atoms with Crippen molar-refractivity contribution in [3.8, 4) is 0 Å². The minimum absolute atomic E-state index is 0.106. The van der Waals surface area contributed by atoms with Gasteiger partial charge in [0.15, 0.2) is 0 Å². The van der Waals surface area contributed by atoms with Gasteiger partial charge in [0.25, 0.3) is 0 Å². The second kappa shape index (κ2) is 2.57. The van der Waals surface area contributed by atoms with Gasteiger partial charge in [0.2, 0.25) is 11.8 Å². The van der Waals surface area contributed by atoms with Gasteiger partial charge in [0, 0.05) is 0 Å². The van der Waals surface area contributed by atoms with Crippen molar-refractivity contribution >= 4 is 17.9 Å². The predicted octanol–water partition coefficient (Wildman–Crippen LogP) is -1.33. The number of amides is 3. The Bertz CT molecular complexity index is 225. The van der Waals surface area contributed by atoms with Gasteiger partial charge in [-0.15, -0.1) is 0 Å². The van der Waals surface area contributed by atoms with E-state index in [9.17, 15) is 14.4 Å². The molecule has 1 fully saturated rings. The molecule has 1 atom stereocenters. The van der Waals surface area contributed by atoms with Crippen molar-refractivity contribution < 1.29 is 19.5 Å². The molecule has 0 unspecified atom stereocenters. The van der Waals surface area contributed by atoms with Gasteiger partial charge in [-0.25, -0.2) is 4.79 Å². The Morgan fingerprint density at radius 1 is 1.64 bits per heavy atom. The van der Waals surface area contributed by atoms with Crippen LogP contribution in [0, 0.1) is 0 Å². The van der Waals surface area contributed by atoms with Crippen molar-refractivity contribution in [2.45, 2.75) is 12.5 Å². The summed E-state index contributed by atoms with van der Waals surface area (Å²) in [5.41, 5.74) is 0. The van der Waals surface area contributed by atoms with Crippen LogP contribution in [0.3, 0.4) is 0 Å². The molecule has 0 bridgehead atoms. The summed E-state index contributed by atoms with van der Waals surface area (Å²) in [4.78, 5) is 31.1. The summed E-state index contributed by atoms with van der Waals surface area (Å²) in [6.07, 6.45) is -1.41. The molecule has 60 valence electrons. The first kappa shape index (κ1) is 7.52. The van der Waals surface area contributed by atoms with Crippen molar-refractivity contribution in [2.75, 3.05) is 0 Å². The molecule has 0 radical (unpaired) electrons. The van der Waals surface area contributed by atoms with E-state index in [-0.39, 0.29) is 6.42 Å². The van der Waals surface area contributed by atoms with Crippen LogP contribution in [0.1, 0.15) is 6.42 Å². The van der Waals surface area contributed by atoms with Crippen LogP contribution in [0.15, 0.2) is 0 Å². The SMILES string of the molecule is O=C(O)N[C@@H]1CC(=O)NC1=O. The molecule has 0 spiro atoms. The molecule has 0 aromatic rings. The topological polar surface area (TPSA) is 95.5 Å². The molecule has 3 amide bonds. The van der Waals surface area contributed by atoms with E-state index in [1.54, 1.807) is 0 Å². The lowest BCUT2D eigenvalue weighted by Gasteiger charge is -2.02. The smallest absolute Gasteiger partial charge is 0.405 e. The molecule has 0 aromatic heterocycles. The van der Waals surface area contributed by atoms with E-state index < -0.39 is 23.9 Å². The van der Waals surface area contributed by atoms with Crippen LogP contribution in [0.25, 0.3) is 0 Å². The zero-order valence-corrected chi connectivity index (χ0v) is 5.46. The molecule has 1 aliphatic heterocycles. The zero-order chi connectivity index (χ0) is 8.43. The van der Waals surface area contributed by atoms with Gasteiger partial charge in [-0.05, 0) is 0 Å². The molecule has 1 aliphatic rings. The van der Waals surface area contributed by atoms with E-state index >= 15 is 0 Å². The van der Waals surface area contributed by atoms with Crippen molar-refractivity contribution in [1.29, 1.82) is 0 Å². The van der Waals surface area contributed by atoms with E-state index in [1.165, 1.54) is 0 Å². The molecule has 3 N–H and O–H groups in total. The third-order valence-corrected chi connectivity index (χ3v) is 1.27. The lowest BCUT2D eigenvalue weighted by atomic mass is 10.2. The van der Waals surface area contributed by atoms with Gasteiger partial charge in [-0.1, -0.05) is 0 Å². The van der Waals surface area contributed by atoms with E-state index in [0.29, 0.717) is 0 Å². The Morgan fingerprint density at radius 3 is 2.64 bits per heavy atom. The fourth-order valence-electron chi connectivity index (χ4n) is 0.819. The van der Waals surface area contributed by atoms with E-state index in [4.69, 9.17) is 5.11 Å². The maximum atomic E-state index is 10.7. The fraction of sp³-hybridized carbons (Fsp3) is 0.400. The van der Waals surface area contributed by atoms with Crippen LogP contribution >= 0.6 is 0 Å². The molecule has 0 aliphatic carbocycles. The van der Waals surface area contributed by atoms with Crippen LogP contribution in [0.2, 0.25) is 0 Å². The quantitative estimate of drug-likeness (QED) is 0.412. The van der Waals surface area contributed by atoms with Crippen LogP contribution < -0.4 is 10.6 Å². The van der Waals surface area contributed by atoms with E-state index in [2.05, 4.69) is 0 Å². The maximum Gasteiger partial charge on any atom is 0.405 e. The maximum absolute atomic E-state index is 10.7. The summed E-state index contributed by atoms with van der Waals surface area (Å²) >= 11 is 0. The molecular weight excluding hydrogens is 152 g/mol. The molecule has 11 heavy (non-hydrogen) atoms. The number of imide groups is 1. The number of rotatable bonds is 1. The average molecular weight is 158 g/mol. The van der Waals surface area contributed by atoms with Crippen molar-refractivity contribution in [3.63, 3.8) is 0 Å². The van der Waals surface area contributed by atoms with Crippen molar-refractivity contribution in [3.05, 3.63) is 0 Å². The highest BCUT2D eigenvalue weighted by Gasteiger charge is 2.31. The summed E-state index contributed by atoms with van der Waals surface area (Å²) in [7, 11) is 0. The van der Waals surface area contributed by atoms with Crippen LogP contribution in [-0.2, 0) is 9.59 Å². The van der Waals surface area contributed by atoms with Crippen LogP contribution in [0.5, 0.6) is 0 Å². The third-order valence-electron chi connectivity index (χ3n) is 1.27. The molecular formula is C5H6N2O4. The highest BCUT2D eigenvalue weighted by atomic mass is 16.4. The van der Waals surface area contributed by atoms with Crippen molar-refractivity contribution in [1.82, 2.24) is 10.6 Å². The minimum Gasteiger partial charge on any atom is -0.465 e. The third kappa shape index (κ3) is 1.66. The van der Waals surface area contributed by atoms with Gasteiger partial charge in [-0.2, -0.15) is 0 Å². The number of nitrogens with one attached hydrogen (secondary N) is 2. The second-order valence-corrected chi connectivity index (χ2v) is 2.12. The first-order valence-electron chi connectivity index (χ1n) is 2.93. The highest BCUT2D eigenvalue weighted by Crippen LogP contribution is 2.00. The fourth-order valence-corrected chi connectivity index (χ4v) is 0.819. The Labute approximate surface area is 61.6 Å². The first-order valence-corrected chi connectivity index (χ1v) is 2.93. The summed E-state index contributed by atoms with van der Waals surface area (Å²) in [5, 5.41) is 12.0. The number of hydrogen-bond acceptors (Lipinski definition) is 3. The number of carboxylic acid groups (broad SMARTS) is 1. The van der Waals surface area contributed by atoms with Crippen molar-refractivity contribution in [2.24, 2.45) is 0 Å². The zero-order valence-electron chi connectivity index (χ0n) is 5.46. The largest absolute Gasteiger partial charge is 0.465 e. The monoisotopic (exact) mass is 158 g/mol. The Kier molecular flexibility index (Phi) is 1.75.